The van der Waals surface area contributed by atoms with Gasteiger partial charge in [0.25, 0.3) is 0 Å². The van der Waals surface area contributed by atoms with E-state index in [1.807, 2.05) is 6.92 Å². The van der Waals surface area contributed by atoms with Crippen molar-refractivity contribution in [3.8, 4) is 0 Å². The fourth-order valence-electron chi connectivity index (χ4n) is 0.638. The molecule has 1 heterocycles. The van der Waals surface area contributed by atoms with E-state index in [0.717, 1.165) is 4.47 Å². The van der Waals surface area contributed by atoms with Gasteiger partial charge in [-0.1, -0.05) is 0 Å². The molecule has 0 aliphatic heterocycles. The summed E-state index contributed by atoms with van der Waals surface area (Å²) in [6, 6.07) is 0. The van der Waals surface area contributed by atoms with Gasteiger partial charge in [-0.15, -0.1) is 0 Å². The highest BCUT2D eigenvalue weighted by atomic mass is 79.9. The molecule has 1 aromatic rings. The number of methoxy groups -OCH3 is 1. The summed E-state index contributed by atoms with van der Waals surface area (Å²) in [6.07, 6.45) is 3.37. The number of hydrogen-bond acceptors (Lipinski definition) is 3. The van der Waals surface area contributed by atoms with Gasteiger partial charge >= 0.3 is 0 Å². The average Bonchev–Trinajstić information content (AvgIpc) is 2.05. The van der Waals surface area contributed by atoms with Crippen molar-refractivity contribution in [2.75, 3.05) is 7.11 Å². The van der Waals surface area contributed by atoms with E-state index in [1.54, 1.807) is 19.5 Å². The molecule has 0 amide bonds. The van der Waals surface area contributed by atoms with Crippen molar-refractivity contribution >= 4 is 15.9 Å². The third-order valence-electron chi connectivity index (χ3n) is 1.36. The van der Waals surface area contributed by atoms with Gasteiger partial charge in [-0.2, -0.15) is 0 Å². The van der Waals surface area contributed by atoms with Crippen molar-refractivity contribution in [2.45, 2.75) is 13.0 Å². The van der Waals surface area contributed by atoms with Crippen LogP contribution in [0.5, 0.6) is 0 Å². The summed E-state index contributed by atoms with van der Waals surface area (Å²) in [5.41, 5.74) is 0. The summed E-state index contributed by atoms with van der Waals surface area (Å²) in [7, 11) is 1.63. The third kappa shape index (κ3) is 2.24. The smallest absolute Gasteiger partial charge is 0.156 e. The predicted octanol–water partition coefficient (Wildman–Crippen LogP) is 1.95. The van der Waals surface area contributed by atoms with Crippen LogP contribution in [0.2, 0.25) is 0 Å². The second-order valence-corrected chi connectivity index (χ2v) is 3.05. The molecule has 0 radical (unpaired) electrons. The van der Waals surface area contributed by atoms with Crippen LogP contribution in [-0.4, -0.2) is 17.1 Å². The van der Waals surface area contributed by atoms with E-state index in [2.05, 4.69) is 25.9 Å². The largest absolute Gasteiger partial charge is 0.374 e. The highest BCUT2D eigenvalue weighted by Crippen LogP contribution is 2.11. The van der Waals surface area contributed by atoms with Gasteiger partial charge in [0.05, 0.1) is 4.47 Å². The van der Waals surface area contributed by atoms with Crippen LogP contribution in [-0.2, 0) is 4.74 Å². The fourth-order valence-corrected chi connectivity index (χ4v) is 0.842. The lowest BCUT2D eigenvalue weighted by atomic mass is 10.4. The van der Waals surface area contributed by atoms with Gasteiger partial charge in [-0.3, -0.25) is 0 Å². The van der Waals surface area contributed by atoms with E-state index in [4.69, 9.17) is 4.74 Å². The maximum Gasteiger partial charge on any atom is 0.156 e. The molecule has 1 atom stereocenters. The summed E-state index contributed by atoms with van der Waals surface area (Å²) in [5, 5.41) is 0. The molecular weight excluding hydrogens is 208 g/mol. The molecule has 11 heavy (non-hydrogen) atoms. The standard InChI is InChI=1S/C7H9BrN2O/c1-5(11-2)7-9-3-6(8)4-10-7/h3-5H,1-2H3. The normalized spacial score (nSPS) is 13.0. The molecular formula is C7H9BrN2O. The topological polar surface area (TPSA) is 35.0 Å². The maximum atomic E-state index is 5.04. The summed E-state index contributed by atoms with van der Waals surface area (Å²) in [5.74, 6) is 0.704. The monoisotopic (exact) mass is 216 g/mol. The predicted molar refractivity (Wildman–Crippen MR) is 45.2 cm³/mol. The summed E-state index contributed by atoms with van der Waals surface area (Å²) < 4.78 is 5.91. The maximum absolute atomic E-state index is 5.04. The van der Waals surface area contributed by atoms with Crippen molar-refractivity contribution in [1.82, 2.24) is 9.97 Å². The van der Waals surface area contributed by atoms with E-state index in [0.29, 0.717) is 5.82 Å². The lowest BCUT2D eigenvalue weighted by molar-refractivity contribution is 0.112. The second kappa shape index (κ2) is 3.78. The average molecular weight is 217 g/mol. The first-order chi connectivity index (χ1) is 5.24. The Morgan fingerprint density at radius 1 is 1.45 bits per heavy atom. The Morgan fingerprint density at radius 3 is 2.45 bits per heavy atom. The van der Waals surface area contributed by atoms with Crippen LogP contribution >= 0.6 is 15.9 Å². The van der Waals surface area contributed by atoms with E-state index in [9.17, 15) is 0 Å². The molecule has 0 aliphatic carbocycles. The van der Waals surface area contributed by atoms with E-state index in [1.165, 1.54) is 0 Å². The van der Waals surface area contributed by atoms with E-state index < -0.39 is 0 Å². The number of ether oxygens (including phenoxy) is 1. The Labute approximate surface area is 73.9 Å². The molecule has 4 heteroatoms. The molecule has 0 saturated carbocycles. The number of nitrogens with zero attached hydrogens (tertiary/aromatic N) is 2. The Morgan fingerprint density at radius 2 is 2.00 bits per heavy atom. The lowest BCUT2D eigenvalue weighted by Crippen LogP contribution is -2.01. The summed E-state index contributed by atoms with van der Waals surface area (Å²) >= 11 is 3.25. The van der Waals surface area contributed by atoms with Gasteiger partial charge in [-0.05, 0) is 22.9 Å². The van der Waals surface area contributed by atoms with Crippen LogP contribution in [0.4, 0.5) is 0 Å². The van der Waals surface area contributed by atoms with Crippen molar-refractivity contribution in [2.24, 2.45) is 0 Å². The van der Waals surface area contributed by atoms with Crippen molar-refractivity contribution in [1.29, 1.82) is 0 Å². The number of rotatable bonds is 2. The fraction of sp³-hybridized carbons (Fsp3) is 0.429. The number of halogens is 1. The first-order valence-electron chi connectivity index (χ1n) is 3.24. The quantitative estimate of drug-likeness (QED) is 0.759. The minimum atomic E-state index is -0.0388. The molecule has 3 nitrogen and oxygen atoms in total. The Kier molecular flexibility index (Phi) is 2.96. The Hall–Kier alpha value is -0.480. The first-order valence-corrected chi connectivity index (χ1v) is 4.03. The van der Waals surface area contributed by atoms with Crippen molar-refractivity contribution in [3.05, 3.63) is 22.7 Å². The molecule has 1 aromatic heterocycles. The summed E-state index contributed by atoms with van der Waals surface area (Å²) in [4.78, 5) is 8.13. The zero-order valence-electron chi connectivity index (χ0n) is 6.41. The molecule has 0 saturated heterocycles. The van der Waals surface area contributed by atoms with E-state index in [-0.39, 0.29) is 6.10 Å². The van der Waals surface area contributed by atoms with Gasteiger partial charge in [0.15, 0.2) is 5.82 Å². The number of aromatic nitrogens is 2. The van der Waals surface area contributed by atoms with Gasteiger partial charge in [0.1, 0.15) is 6.10 Å². The molecule has 1 unspecified atom stereocenters. The highest BCUT2D eigenvalue weighted by Gasteiger charge is 2.04. The zero-order valence-corrected chi connectivity index (χ0v) is 8.00. The van der Waals surface area contributed by atoms with Crippen LogP contribution in [0.3, 0.4) is 0 Å². The molecule has 0 aromatic carbocycles. The third-order valence-corrected chi connectivity index (χ3v) is 1.77. The molecule has 0 spiro atoms. The van der Waals surface area contributed by atoms with Gasteiger partial charge < -0.3 is 4.74 Å². The molecule has 0 aliphatic rings. The minimum absolute atomic E-state index is 0.0388. The molecule has 0 N–H and O–H groups in total. The van der Waals surface area contributed by atoms with Gasteiger partial charge in [-0.25, -0.2) is 9.97 Å². The highest BCUT2D eigenvalue weighted by molar-refractivity contribution is 9.10. The molecule has 1 rings (SSSR count). The lowest BCUT2D eigenvalue weighted by Gasteiger charge is -2.05. The second-order valence-electron chi connectivity index (χ2n) is 2.14. The van der Waals surface area contributed by atoms with Gasteiger partial charge in [0.2, 0.25) is 0 Å². The first kappa shape index (κ1) is 8.62. The van der Waals surface area contributed by atoms with E-state index >= 15 is 0 Å². The molecule has 0 fully saturated rings. The van der Waals surface area contributed by atoms with Crippen molar-refractivity contribution in [3.63, 3.8) is 0 Å². The molecule has 60 valence electrons. The van der Waals surface area contributed by atoms with Crippen LogP contribution in [0.15, 0.2) is 16.9 Å². The van der Waals surface area contributed by atoms with Crippen LogP contribution in [0.1, 0.15) is 18.9 Å². The van der Waals surface area contributed by atoms with Gasteiger partial charge in [0, 0.05) is 19.5 Å². The van der Waals surface area contributed by atoms with Crippen molar-refractivity contribution < 1.29 is 4.74 Å². The SMILES string of the molecule is COC(C)c1ncc(Br)cn1. The zero-order chi connectivity index (χ0) is 8.27. The summed E-state index contributed by atoms with van der Waals surface area (Å²) in [6.45, 7) is 1.91. The Bertz CT molecular complexity index is 224. The number of hydrogen-bond donors (Lipinski definition) is 0. The Balaban J connectivity index is 2.81. The molecule has 0 bridgehead atoms. The van der Waals surface area contributed by atoms with Crippen LogP contribution < -0.4 is 0 Å². The van der Waals surface area contributed by atoms with Crippen LogP contribution in [0.25, 0.3) is 0 Å². The van der Waals surface area contributed by atoms with Crippen LogP contribution in [0, 0.1) is 0 Å². The minimum Gasteiger partial charge on any atom is -0.374 e.